The number of hydrogen-bond acceptors (Lipinski definition) is 3. The number of benzene rings is 1. The van der Waals surface area contributed by atoms with Gasteiger partial charge in [0, 0.05) is 18.4 Å². The molecule has 4 nitrogen and oxygen atoms in total. The summed E-state index contributed by atoms with van der Waals surface area (Å²) in [6.45, 7) is 2.28. The lowest BCUT2D eigenvalue weighted by Gasteiger charge is -2.25. The van der Waals surface area contributed by atoms with Gasteiger partial charge in [-0.05, 0) is 19.4 Å². The van der Waals surface area contributed by atoms with Gasteiger partial charge in [0.2, 0.25) is 11.8 Å². The molecule has 0 radical (unpaired) electrons. The zero-order valence-corrected chi connectivity index (χ0v) is 10.7. The topological polar surface area (TPSA) is 46.6 Å². The lowest BCUT2D eigenvalue weighted by molar-refractivity contribution is -0.148. The molecule has 96 valence electrons. The molecule has 2 amide bonds. The molecule has 0 N–H and O–H groups in total. The van der Waals surface area contributed by atoms with Gasteiger partial charge in [-0.1, -0.05) is 17.7 Å². The molecule has 1 saturated heterocycles. The average Bonchev–Trinajstić information content (AvgIpc) is 2.34. The minimum atomic E-state index is -0.0881. The van der Waals surface area contributed by atoms with Crippen LogP contribution in [0.15, 0.2) is 18.2 Å². The highest BCUT2D eigenvalue weighted by atomic mass is 16.5. The Morgan fingerprint density at radius 3 is 2.50 bits per heavy atom. The fourth-order valence-corrected chi connectivity index (χ4v) is 2.18. The first-order chi connectivity index (χ1) is 8.61. The minimum absolute atomic E-state index is 0.0881. The highest BCUT2D eigenvalue weighted by Gasteiger charge is 2.26. The highest BCUT2D eigenvalue weighted by Crippen LogP contribution is 2.23. The van der Waals surface area contributed by atoms with Crippen molar-refractivity contribution in [3.05, 3.63) is 29.3 Å². The second-order valence-corrected chi connectivity index (χ2v) is 4.54. The van der Waals surface area contributed by atoms with Crippen LogP contribution in [0.25, 0.3) is 0 Å². The number of carbonyl (C=O) groups excluding carboxylic acids is 2. The monoisotopic (exact) mass is 247 g/mol. The quantitative estimate of drug-likeness (QED) is 0.768. The fourth-order valence-electron chi connectivity index (χ4n) is 2.18. The summed E-state index contributed by atoms with van der Waals surface area (Å²) in [6.07, 6.45) is 1.58. The van der Waals surface area contributed by atoms with Crippen LogP contribution in [0.4, 0.5) is 0 Å². The molecule has 18 heavy (non-hydrogen) atoms. The van der Waals surface area contributed by atoms with Crippen LogP contribution >= 0.6 is 0 Å². The molecule has 0 saturated carbocycles. The van der Waals surface area contributed by atoms with Gasteiger partial charge in [0.05, 0.1) is 13.7 Å². The van der Waals surface area contributed by atoms with Crippen molar-refractivity contribution in [1.82, 2.24) is 4.90 Å². The molecular weight excluding hydrogens is 230 g/mol. The summed E-state index contributed by atoms with van der Waals surface area (Å²) in [6, 6.07) is 5.76. The number of ether oxygens (including phenoxy) is 1. The van der Waals surface area contributed by atoms with E-state index in [-0.39, 0.29) is 11.8 Å². The maximum Gasteiger partial charge on any atom is 0.229 e. The molecule has 0 spiro atoms. The third kappa shape index (κ3) is 2.53. The predicted octanol–water partition coefficient (Wildman–Crippen LogP) is 2.04. The van der Waals surface area contributed by atoms with Crippen LogP contribution in [0.2, 0.25) is 0 Å². The molecule has 1 aliphatic heterocycles. The van der Waals surface area contributed by atoms with Gasteiger partial charge in [0.25, 0.3) is 0 Å². The molecule has 1 heterocycles. The predicted molar refractivity (Wildman–Crippen MR) is 67.1 cm³/mol. The molecule has 4 heteroatoms. The van der Waals surface area contributed by atoms with Crippen LogP contribution in [0.5, 0.6) is 5.75 Å². The molecule has 0 aromatic heterocycles. The van der Waals surface area contributed by atoms with Gasteiger partial charge in [-0.25, -0.2) is 0 Å². The van der Waals surface area contributed by atoms with E-state index >= 15 is 0 Å². The number of methoxy groups -OCH3 is 1. The van der Waals surface area contributed by atoms with E-state index in [0.29, 0.717) is 31.6 Å². The van der Waals surface area contributed by atoms with E-state index < -0.39 is 0 Å². The van der Waals surface area contributed by atoms with Gasteiger partial charge in [-0.3, -0.25) is 14.5 Å². The Bertz CT molecular complexity index is 466. The smallest absolute Gasteiger partial charge is 0.229 e. The van der Waals surface area contributed by atoms with E-state index in [1.165, 1.54) is 4.90 Å². The van der Waals surface area contributed by atoms with Crippen molar-refractivity contribution >= 4 is 11.8 Å². The summed E-state index contributed by atoms with van der Waals surface area (Å²) in [4.78, 5) is 24.8. The molecule has 0 unspecified atom stereocenters. The van der Waals surface area contributed by atoms with E-state index in [0.717, 1.165) is 11.1 Å². The Balaban J connectivity index is 2.24. The summed E-state index contributed by atoms with van der Waals surface area (Å²) in [5.74, 6) is 0.538. The Morgan fingerprint density at radius 1 is 1.22 bits per heavy atom. The van der Waals surface area contributed by atoms with Crippen LogP contribution in [0.3, 0.4) is 0 Å². The zero-order chi connectivity index (χ0) is 13.1. The molecule has 0 bridgehead atoms. The van der Waals surface area contributed by atoms with Gasteiger partial charge < -0.3 is 4.74 Å². The summed E-state index contributed by atoms with van der Waals surface area (Å²) in [5.41, 5.74) is 1.96. The van der Waals surface area contributed by atoms with Crippen molar-refractivity contribution in [2.45, 2.75) is 32.7 Å². The third-order valence-corrected chi connectivity index (χ3v) is 3.15. The molecule has 2 rings (SSSR count). The third-order valence-electron chi connectivity index (χ3n) is 3.15. The normalized spacial score (nSPS) is 16.0. The molecule has 1 fully saturated rings. The molecule has 1 aromatic carbocycles. The van der Waals surface area contributed by atoms with Crippen LogP contribution in [0, 0.1) is 6.92 Å². The number of aryl methyl sites for hydroxylation is 1. The van der Waals surface area contributed by atoms with E-state index in [1.807, 2.05) is 25.1 Å². The molecule has 1 aromatic rings. The average molecular weight is 247 g/mol. The molecule has 1 aliphatic rings. The Kier molecular flexibility index (Phi) is 3.65. The maximum absolute atomic E-state index is 11.8. The number of piperidine rings is 1. The van der Waals surface area contributed by atoms with Crippen molar-refractivity contribution < 1.29 is 14.3 Å². The van der Waals surface area contributed by atoms with Crippen molar-refractivity contribution in [3.8, 4) is 5.75 Å². The first-order valence-corrected chi connectivity index (χ1v) is 6.08. The standard InChI is InChI=1S/C14H17NO3/c1-10-6-7-12(18-2)11(8-10)9-15-13(16)4-3-5-14(15)17/h6-8H,3-5,9H2,1-2H3. The van der Waals surface area contributed by atoms with Crippen molar-refractivity contribution in [1.29, 1.82) is 0 Å². The number of nitrogens with zero attached hydrogens (tertiary/aromatic N) is 1. The van der Waals surface area contributed by atoms with E-state index in [4.69, 9.17) is 4.74 Å². The first-order valence-electron chi connectivity index (χ1n) is 6.08. The summed E-state index contributed by atoms with van der Waals surface area (Å²) < 4.78 is 5.26. The number of likely N-dealkylation sites (tertiary alicyclic amines) is 1. The van der Waals surface area contributed by atoms with Crippen LogP contribution in [-0.4, -0.2) is 23.8 Å². The Hall–Kier alpha value is -1.84. The number of hydrogen-bond donors (Lipinski definition) is 0. The SMILES string of the molecule is COc1ccc(C)cc1CN1C(=O)CCCC1=O. The van der Waals surface area contributed by atoms with Crippen LogP contribution in [-0.2, 0) is 16.1 Å². The summed E-state index contributed by atoms with van der Waals surface area (Å²) in [7, 11) is 1.59. The molecule has 0 aliphatic carbocycles. The largest absolute Gasteiger partial charge is 0.496 e. The Labute approximate surface area is 107 Å². The van der Waals surface area contributed by atoms with Crippen molar-refractivity contribution in [3.63, 3.8) is 0 Å². The second kappa shape index (κ2) is 5.21. The van der Waals surface area contributed by atoms with E-state index in [2.05, 4.69) is 0 Å². The number of amides is 2. The lowest BCUT2D eigenvalue weighted by atomic mass is 10.1. The lowest BCUT2D eigenvalue weighted by Crippen LogP contribution is -2.39. The van der Waals surface area contributed by atoms with Gasteiger partial charge in [-0.15, -0.1) is 0 Å². The maximum atomic E-state index is 11.8. The first kappa shape index (κ1) is 12.6. The molecule has 0 atom stereocenters. The van der Waals surface area contributed by atoms with Crippen LogP contribution < -0.4 is 4.74 Å². The molecular formula is C14H17NO3. The van der Waals surface area contributed by atoms with Gasteiger partial charge in [-0.2, -0.15) is 0 Å². The van der Waals surface area contributed by atoms with Crippen LogP contribution in [0.1, 0.15) is 30.4 Å². The number of imide groups is 1. The van der Waals surface area contributed by atoms with Gasteiger partial charge >= 0.3 is 0 Å². The second-order valence-electron chi connectivity index (χ2n) is 4.54. The zero-order valence-electron chi connectivity index (χ0n) is 10.7. The Morgan fingerprint density at radius 2 is 1.89 bits per heavy atom. The van der Waals surface area contributed by atoms with Crippen molar-refractivity contribution in [2.24, 2.45) is 0 Å². The highest BCUT2D eigenvalue weighted by molar-refractivity contribution is 5.97. The summed E-state index contributed by atoms with van der Waals surface area (Å²) >= 11 is 0. The van der Waals surface area contributed by atoms with E-state index in [9.17, 15) is 9.59 Å². The summed E-state index contributed by atoms with van der Waals surface area (Å²) in [5, 5.41) is 0. The number of rotatable bonds is 3. The van der Waals surface area contributed by atoms with Gasteiger partial charge in [0.15, 0.2) is 0 Å². The minimum Gasteiger partial charge on any atom is -0.496 e. The fraction of sp³-hybridized carbons (Fsp3) is 0.429. The van der Waals surface area contributed by atoms with Gasteiger partial charge in [0.1, 0.15) is 5.75 Å². The number of carbonyl (C=O) groups is 2. The van der Waals surface area contributed by atoms with Crippen molar-refractivity contribution in [2.75, 3.05) is 7.11 Å². The van der Waals surface area contributed by atoms with E-state index in [1.54, 1.807) is 7.11 Å².